The van der Waals surface area contributed by atoms with Gasteiger partial charge in [-0.2, -0.15) is 0 Å². The summed E-state index contributed by atoms with van der Waals surface area (Å²) in [5.74, 6) is 3.30. The normalized spacial score (nSPS) is 11.1. The molecule has 7 nitrogen and oxygen atoms in total. The Hall–Kier alpha value is -2.49. The Morgan fingerprint density at radius 1 is 1.17 bits per heavy atom. The van der Waals surface area contributed by atoms with Crippen LogP contribution in [-0.2, 0) is 20.1 Å². The van der Waals surface area contributed by atoms with E-state index in [0.29, 0.717) is 13.1 Å². The lowest BCUT2D eigenvalue weighted by molar-refractivity contribution is 0.382. The standard InChI is InChI=1S/C21H27N5O2.HI/c1-22-21(23-13-20-24-17-8-6-7-9-18(17)26(20)3)25(2)14-15-10-11-16(27-4)12-19(15)28-5;/h6-12H,13-14H2,1-5H3,(H,22,23);1H. The van der Waals surface area contributed by atoms with Crippen LogP contribution in [0.4, 0.5) is 0 Å². The van der Waals surface area contributed by atoms with Crippen LogP contribution >= 0.6 is 24.0 Å². The molecule has 0 aliphatic carbocycles. The summed E-state index contributed by atoms with van der Waals surface area (Å²) in [4.78, 5) is 11.2. The first kappa shape index (κ1) is 22.8. The molecule has 3 aromatic rings. The van der Waals surface area contributed by atoms with Gasteiger partial charge in [-0.1, -0.05) is 12.1 Å². The van der Waals surface area contributed by atoms with Crippen LogP contribution in [0, 0.1) is 0 Å². The monoisotopic (exact) mass is 509 g/mol. The Balaban J connectivity index is 0.00000300. The predicted octanol–water partition coefficient (Wildman–Crippen LogP) is 3.42. The van der Waals surface area contributed by atoms with Crippen LogP contribution in [0.3, 0.4) is 0 Å². The molecule has 0 saturated heterocycles. The summed E-state index contributed by atoms with van der Waals surface area (Å²) in [6, 6.07) is 13.9. The second kappa shape index (κ2) is 10.3. The fourth-order valence-corrected chi connectivity index (χ4v) is 3.21. The zero-order chi connectivity index (χ0) is 20.1. The third-order valence-corrected chi connectivity index (χ3v) is 4.76. The van der Waals surface area contributed by atoms with E-state index in [-0.39, 0.29) is 24.0 Å². The van der Waals surface area contributed by atoms with Gasteiger partial charge in [-0.3, -0.25) is 4.99 Å². The van der Waals surface area contributed by atoms with E-state index < -0.39 is 0 Å². The number of imidazole rings is 1. The van der Waals surface area contributed by atoms with E-state index in [0.717, 1.165) is 39.9 Å². The van der Waals surface area contributed by atoms with E-state index >= 15 is 0 Å². The van der Waals surface area contributed by atoms with Crippen molar-refractivity contribution >= 4 is 41.0 Å². The lowest BCUT2D eigenvalue weighted by Gasteiger charge is -2.23. The number of guanidine groups is 1. The van der Waals surface area contributed by atoms with E-state index in [1.807, 2.05) is 55.4 Å². The zero-order valence-corrected chi connectivity index (χ0v) is 19.8. The van der Waals surface area contributed by atoms with Crippen LogP contribution in [0.2, 0.25) is 0 Å². The second-order valence-electron chi connectivity index (χ2n) is 6.51. The van der Waals surface area contributed by atoms with Crippen molar-refractivity contribution in [2.75, 3.05) is 28.3 Å². The number of halogens is 1. The molecule has 0 fully saturated rings. The van der Waals surface area contributed by atoms with Crippen LogP contribution in [-0.4, -0.2) is 48.7 Å². The van der Waals surface area contributed by atoms with Gasteiger partial charge in [0.25, 0.3) is 0 Å². The number of aryl methyl sites for hydroxylation is 1. The zero-order valence-electron chi connectivity index (χ0n) is 17.5. The van der Waals surface area contributed by atoms with Gasteiger partial charge < -0.3 is 24.3 Å². The molecular weight excluding hydrogens is 481 g/mol. The van der Waals surface area contributed by atoms with Crippen molar-refractivity contribution in [2.45, 2.75) is 13.1 Å². The van der Waals surface area contributed by atoms with E-state index in [1.165, 1.54) is 0 Å². The minimum Gasteiger partial charge on any atom is -0.497 e. The smallest absolute Gasteiger partial charge is 0.194 e. The minimum atomic E-state index is 0. The van der Waals surface area contributed by atoms with Crippen molar-refractivity contribution in [3.05, 3.63) is 53.9 Å². The molecule has 0 aliphatic rings. The molecule has 0 aliphatic heterocycles. The van der Waals surface area contributed by atoms with Crippen molar-refractivity contribution in [3.8, 4) is 11.5 Å². The molecule has 2 aromatic carbocycles. The molecule has 0 spiro atoms. The topological polar surface area (TPSA) is 63.9 Å². The van der Waals surface area contributed by atoms with Gasteiger partial charge in [-0.05, 0) is 24.3 Å². The Labute approximate surface area is 188 Å². The summed E-state index contributed by atoms with van der Waals surface area (Å²) >= 11 is 0. The molecule has 29 heavy (non-hydrogen) atoms. The summed E-state index contributed by atoms with van der Waals surface area (Å²) in [5.41, 5.74) is 3.16. The van der Waals surface area contributed by atoms with Gasteiger partial charge in [-0.25, -0.2) is 4.98 Å². The average molecular weight is 509 g/mol. The van der Waals surface area contributed by atoms with Gasteiger partial charge in [-0.15, -0.1) is 24.0 Å². The van der Waals surface area contributed by atoms with Crippen LogP contribution in [0.25, 0.3) is 11.0 Å². The molecule has 0 amide bonds. The molecule has 1 heterocycles. The van der Waals surface area contributed by atoms with Crippen LogP contribution in [0.1, 0.15) is 11.4 Å². The van der Waals surface area contributed by atoms with E-state index in [2.05, 4.69) is 20.9 Å². The Bertz CT molecular complexity index is 986. The van der Waals surface area contributed by atoms with Crippen molar-refractivity contribution in [1.82, 2.24) is 19.8 Å². The average Bonchev–Trinajstić information content (AvgIpc) is 3.04. The highest BCUT2D eigenvalue weighted by Gasteiger charge is 2.13. The Morgan fingerprint density at radius 3 is 2.59 bits per heavy atom. The van der Waals surface area contributed by atoms with Gasteiger partial charge in [0.15, 0.2) is 5.96 Å². The largest absolute Gasteiger partial charge is 0.497 e. The van der Waals surface area contributed by atoms with Crippen LogP contribution in [0.5, 0.6) is 11.5 Å². The fourth-order valence-electron chi connectivity index (χ4n) is 3.21. The quantitative estimate of drug-likeness (QED) is 0.314. The van der Waals surface area contributed by atoms with Crippen LogP contribution in [0.15, 0.2) is 47.5 Å². The summed E-state index contributed by atoms with van der Waals surface area (Å²) < 4.78 is 12.9. The molecule has 1 N–H and O–H groups in total. The molecule has 1 aromatic heterocycles. The van der Waals surface area contributed by atoms with Crippen LogP contribution < -0.4 is 14.8 Å². The number of aromatic nitrogens is 2. The van der Waals surface area contributed by atoms with Crippen molar-refractivity contribution in [2.24, 2.45) is 12.0 Å². The Kier molecular flexibility index (Phi) is 8.12. The maximum atomic E-state index is 5.50. The van der Waals surface area contributed by atoms with Crippen molar-refractivity contribution < 1.29 is 9.47 Å². The Morgan fingerprint density at radius 2 is 1.93 bits per heavy atom. The number of para-hydroxylation sites is 2. The molecule has 0 unspecified atom stereocenters. The molecule has 0 radical (unpaired) electrons. The first-order valence-electron chi connectivity index (χ1n) is 9.10. The maximum Gasteiger partial charge on any atom is 0.194 e. The summed E-state index contributed by atoms with van der Waals surface area (Å²) in [6.07, 6.45) is 0. The van der Waals surface area contributed by atoms with E-state index in [1.54, 1.807) is 21.3 Å². The summed E-state index contributed by atoms with van der Waals surface area (Å²) in [5, 5.41) is 3.39. The number of benzene rings is 2. The number of nitrogens with one attached hydrogen (secondary N) is 1. The third-order valence-electron chi connectivity index (χ3n) is 4.76. The number of rotatable bonds is 6. The number of nitrogens with zero attached hydrogens (tertiary/aromatic N) is 4. The highest BCUT2D eigenvalue weighted by Crippen LogP contribution is 2.25. The maximum absolute atomic E-state index is 5.50. The first-order chi connectivity index (χ1) is 13.6. The van der Waals surface area contributed by atoms with E-state index in [9.17, 15) is 0 Å². The highest BCUT2D eigenvalue weighted by molar-refractivity contribution is 14.0. The third kappa shape index (κ3) is 5.11. The number of aliphatic imine (C=N–C) groups is 1. The minimum absolute atomic E-state index is 0. The number of methoxy groups -OCH3 is 2. The SMILES string of the molecule is CN=C(NCc1nc2ccccc2n1C)N(C)Cc1ccc(OC)cc1OC.I. The molecule has 8 heteroatoms. The molecule has 156 valence electrons. The number of hydrogen-bond acceptors (Lipinski definition) is 4. The molecule has 0 saturated carbocycles. The van der Waals surface area contributed by atoms with E-state index in [4.69, 9.17) is 14.5 Å². The number of hydrogen-bond donors (Lipinski definition) is 1. The molecule has 3 rings (SSSR count). The summed E-state index contributed by atoms with van der Waals surface area (Å²) in [7, 11) is 9.11. The molecular formula is C21H28IN5O2. The fraction of sp³-hybridized carbons (Fsp3) is 0.333. The van der Waals surface area contributed by atoms with Gasteiger partial charge in [0.05, 0.1) is 31.8 Å². The van der Waals surface area contributed by atoms with Gasteiger partial charge >= 0.3 is 0 Å². The van der Waals surface area contributed by atoms with Gasteiger partial charge in [0.2, 0.25) is 0 Å². The predicted molar refractivity (Wildman–Crippen MR) is 127 cm³/mol. The lowest BCUT2D eigenvalue weighted by Crippen LogP contribution is -2.38. The van der Waals surface area contributed by atoms with Gasteiger partial charge in [0, 0.05) is 39.3 Å². The first-order valence-corrected chi connectivity index (χ1v) is 9.10. The second-order valence-corrected chi connectivity index (χ2v) is 6.51. The number of ether oxygens (including phenoxy) is 2. The van der Waals surface area contributed by atoms with Crippen molar-refractivity contribution in [3.63, 3.8) is 0 Å². The molecule has 0 bridgehead atoms. The summed E-state index contributed by atoms with van der Waals surface area (Å²) in [6.45, 7) is 1.23. The highest BCUT2D eigenvalue weighted by atomic mass is 127. The van der Waals surface area contributed by atoms with Crippen molar-refractivity contribution in [1.29, 1.82) is 0 Å². The number of fused-ring (bicyclic) bond motifs is 1. The molecule has 0 atom stereocenters. The van der Waals surface area contributed by atoms with Gasteiger partial charge in [0.1, 0.15) is 17.3 Å². The lowest BCUT2D eigenvalue weighted by atomic mass is 10.2.